The number of nitrogens with one attached hydrogen (secondary N) is 1. The van der Waals surface area contributed by atoms with Crippen molar-refractivity contribution >= 4 is 0 Å². The van der Waals surface area contributed by atoms with Crippen molar-refractivity contribution in [1.29, 1.82) is 0 Å². The molecule has 0 saturated heterocycles. The highest BCUT2D eigenvalue weighted by molar-refractivity contribution is 4.94. The van der Waals surface area contributed by atoms with Gasteiger partial charge in [0.05, 0.1) is 0 Å². The van der Waals surface area contributed by atoms with Crippen molar-refractivity contribution in [3.05, 3.63) is 0 Å². The largest absolute Gasteiger partial charge is 0.330 e. The van der Waals surface area contributed by atoms with Crippen molar-refractivity contribution in [2.45, 2.75) is 52.9 Å². The third-order valence-electron chi connectivity index (χ3n) is 4.14. The first-order chi connectivity index (χ1) is 7.10. The zero-order valence-corrected chi connectivity index (χ0v) is 10.7. The van der Waals surface area contributed by atoms with Crippen LogP contribution in [0, 0.1) is 10.8 Å². The Morgan fingerprint density at radius 2 is 2.00 bits per heavy atom. The van der Waals surface area contributed by atoms with Crippen LogP contribution in [0.15, 0.2) is 0 Å². The lowest BCUT2D eigenvalue weighted by atomic mass is 9.87. The summed E-state index contributed by atoms with van der Waals surface area (Å²) in [7, 11) is 0. The lowest BCUT2D eigenvalue weighted by Gasteiger charge is -2.28. The molecule has 15 heavy (non-hydrogen) atoms. The van der Waals surface area contributed by atoms with Crippen molar-refractivity contribution in [3.63, 3.8) is 0 Å². The van der Waals surface area contributed by atoms with Crippen LogP contribution in [0.4, 0.5) is 0 Å². The summed E-state index contributed by atoms with van der Waals surface area (Å²) < 4.78 is 0. The highest BCUT2D eigenvalue weighted by Crippen LogP contribution is 2.48. The van der Waals surface area contributed by atoms with E-state index in [-0.39, 0.29) is 0 Å². The van der Waals surface area contributed by atoms with E-state index in [9.17, 15) is 0 Å². The molecule has 0 aromatic rings. The molecule has 0 amide bonds. The van der Waals surface area contributed by atoms with Crippen LogP contribution >= 0.6 is 0 Å². The average Bonchev–Trinajstić information content (AvgIpc) is 2.99. The summed E-state index contributed by atoms with van der Waals surface area (Å²) >= 11 is 0. The molecule has 1 fully saturated rings. The number of nitrogens with two attached hydrogens (primary N) is 1. The Morgan fingerprint density at radius 1 is 1.33 bits per heavy atom. The van der Waals surface area contributed by atoms with Gasteiger partial charge in [-0.3, -0.25) is 0 Å². The van der Waals surface area contributed by atoms with Crippen LogP contribution in [0.3, 0.4) is 0 Å². The van der Waals surface area contributed by atoms with Gasteiger partial charge in [-0.25, -0.2) is 0 Å². The SMILES string of the molecule is CCCC1(CNCC(C)(CC)CN)CC1. The minimum atomic E-state index is 0.294. The van der Waals surface area contributed by atoms with Crippen LogP contribution in [0.5, 0.6) is 0 Å². The lowest BCUT2D eigenvalue weighted by molar-refractivity contribution is 0.286. The maximum atomic E-state index is 5.80. The molecular formula is C13H28N2. The maximum Gasteiger partial charge on any atom is 0.00174 e. The molecule has 90 valence electrons. The molecule has 0 aromatic carbocycles. The molecule has 1 unspecified atom stereocenters. The normalized spacial score (nSPS) is 22.4. The quantitative estimate of drug-likeness (QED) is 0.649. The minimum Gasteiger partial charge on any atom is -0.330 e. The Bertz CT molecular complexity index is 181. The fourth-order valence-corrected chi connectivity index (χ4v) is 2.19. The van der Waals surface area contributed by atoms with E-state index in [2.05, 4.69) is 26.1 Å². The molecular weight excluding hydrogens is 184 g/mol. The first kappa shape index (κ1) is 13.0. The first-order valence-corrected chi connectivity index (χ1v) is 6.50. The maximum absolute atomic E-state index is 5.80. The second-order valence-corrected chi connectivity index (χ2v) is 5.72. The van der Waals surface area contributed by atoms with Crippen LogP contribution < -0.4 is 11.1 Å². The van der Waals surface area contributed by atoms with Gasteiger partial charge in [0.2, 0.25) is 0 Å². The highest BCUT2D eigenvalue weighted by atomic mass is 14.9. The molecule has 0 spiro atoms. The van der Waals surface area contributed by atoms with E-state index < -0.39 is 0 Å². The summed E-state index contributed by atoms with van der Waals surface area (Å²) in [5, 5.41) is 3.64. The first-order valence-electron chi connectivity index (χ1n) is 6.50. The Morgan fingerprint density at radius 3 is 2.40 bits per heavy atom. The summed E-state index contributed by atoms with van der Waals surface area (Å²) in [4.78, 5) is 0. The van der Waals surface area contributed by atoms with E-state index in [1.165, 1.54) is 32.2 Å². The molecule has 3 N–H and O–H groups in total. The van der Waals surface area contributed by atoms with E-state index in [1.807, 2.05) is 0 Å². The highest BCUT2D eigenvalue weighted by Gasteiger charge is 2.41. The predicted octanol–water partition coefficient (Wildman–Crippen LogP) is 2.53. The zero-order chi connectivity index (χ0) is 11.4. The van der Waals surface area contributed by atoms with Gasteiger partial charge in [-0.2, -0.15) is 0 Å². The Balaban J connectivity index is 2.21. The minimum absolute atomic E-state index is 0.294. The second kappa shape index (κ2) is 5.31. The summed E-state index contributed by atoms with van der Waals surface area (Å²) in [6.07, 6.45) is 6.74. The van der Waals surface area contributed by atoms with Crippen molar-refractivity contribution in [2.75, 3.05) is 19.6 Å². The van der Waals surface area contributed by atoms with Crippen LogP contribution in [-0.2, 0) is 0 Å². The van der Waals surface area contributed by atoms with Gasteiger partial charge in [-0.15, -0.1) is 0 Å². The van der Waals surface area contributed by atoms with Crippen LogP contribution in [0.1, 0.15) is 52.9 Å². The van der Waals surface area contributed by atoms with Crippen LogP contribution in [0.25, 0.3) is 0 Å². The third-order valence-corrected chi connectivity index (χ3v) is 4.14. The summed E-state index contributed by atoms with van der Waals surface area (Å²) in [6.45, 7) is 9.86. The van der Waals surface area contributed by atoms with E-state index in [4.69, 9.17) is 5.73 Å². The van der Waals surface area contributed by atoms with Crippen molar-refractivity contribution in [2.24, 2.45) is 16.6 Å². The average molecular weight is 212 g/mol. The molecule has 0 aliphatic heterocycles. The fraction of sp³-hybridized carbons (Fsp3) is 1.00. The van der Waals surface area contributed by atoms with Crippen molar-refractivity contribution < 1.29 is 0 Å². The monoisotopic (exact) mass is 212 g/mol. The molecule has 2 nitrogen and oxygen atoms in total. The van der Waals surface area contributed by atoms with Crippen molar-refractivity contribution in [3.8, 4) is 0 Å². The molecule has 1 rings (SSSR count). The Kier molecular flexibility index (Phi) is 4.60. The Labute approximate surface area is 95.0 Å². The van der Waals surface area contributed by atoms with Crippen LogP contribution in [-0.4, -0.2) is 19.6 Å². The van der Waals surface area contributed by atoms with Gasteiger partial charge < -0.3 is 11.1 Å². The van der Waals surface area contributed by atoms with E-state index >= 15 is 0 Å². The topological polar surface area (TPSA) is 38.0 Å². The molecule has 2 heteroatoms. The molecule has 1 aliphatic rings. The van der Waals surface area contributed by atoms with Gasteiger partial charge in [0.25, 0.3) is 0 Å². The summed E-state index contributed by atoms with van der Waals surface area (Å²) in [6, 6.07) is 0. The van der Waals surface area contributed by atoms with Gasteiger partial charge in [0.1, 0.15) is 0 Å². The fourth-order valence-electron chi connectivity index (χ4n) is 2.19. The van der Waals surface area contributed by atoms with E-state index in [1.54, 1.807) is 0 Å². The molecule has 1 saturated carbocycles. The van der Waals surface area contributed by atoms with E-state index in [0.29, 0.717) is 10.8 Å². The van der Waals surface area contributed by atoms with Crippen molar-refractivity contribution in [1.82, 2.24) is 5.32 Å². The Hall–Kier alpha value is -0.0800. The van der Waals surface area contributed by atoms with Gasteiger partial charge in [-0.1, -0.05) is 27.2 Å². The number of rotatable bonds is 8. The molecule has 1 atom stereocenters. The van der Waals surface area contributed by atoms with E-state index in [0.717, 1.165) is 19.5 Å². The smallest absolute Gasteiger partial charge is 0.00174 e. The lowest BCUT2D eigenvalue weighted by Crippen LogP contribution is -2.39. The molecule has 0 heterocycles. The summed E-state index contributed by atoms with van der Waals surface area (Å²) in [5.41, 5.74) is 6.76. The van der Waals surface area contributed by atoms with Crippen LogP contribution in [0.2, 0.25) is 0 Å². The molecule has 1 aliphatic carbocycles. The zero-order valence-electron chi connectivity index (χ0n) is 10.7. The van der Waals surface area contributed by atoms with Gasteiger partial charge >= 0.3 is 0 Å². The molecule has 0 aromatic heterocycles. The van der Waals surface area contributed by atoms with Gasteiger partial charge in [0.15, 0.2) is 0 Å². The van der Waals surface area contributed by atoms with Gasteiger partial charge in [0, 0.05) is 13.1 Å². The standard InChI is InChI=1S/C13H28N2/c1-4-6-13(7-8-13)11-15-10-12(3,5-2)9-14/h15H,4-11,14H2,1-3H3. The van der Waals surface area contributed by atoms with Gasteiger partial charge in [-0.05, 0) is 43.1 Å². The second-order valence-electron chi connectivity index (χ2n) is 5.72. The number of hydrogen-bond acceptors (Lipinski definition) is 2. The third kappa shape index (κ3) is 3.76. The molecule has 0 radical (unpaired) electrons. The summed E-state index contributed by atoms with van der Waals surface area (Å²) in [5.74, 6) is 0. The predicted molar refractivity (Wildman–Crippen MR) is 66.9 cm³/mol. The molecule has 0 bridgehead atoms. The number of hydrogen-bond donors (Lipinski definition) is 2.